The fraction of sp³-hybridized carbons (Fsp3) is 0.278. The molecule has 2 atom stereocenters. The number of carbonyl (C=O) groups is 1. The Labute approximate surface area is 131 Å². The van der Waals surface area contributed by atoms with Gasteiger partial charge in [-0.2, -0.15) is 0 Å². The lowest BCUT2D eigenvalue weighted by molar-refractivity contribution is -0.138. The molecule has 5 heteroatoms. The molecule has 23 heavy (non-hydrogen) atoms. The van der Waals surface area contributed by atoms with Crippen molar-refractivity contribution >= 4 is 5.97 Å². The molecule has 0 bridgehead atoms. The van der Waals surface area contributed by atoms with Crippen LogP contribution in [0.25, 0.3) is 11.1 Å². The van der Waals surface area contributed by atoms with Crippen LogP contribution < -0.4 is 0 Å². The van der Waals surface area contributed by atoms with Crippen LogP contribution in [-0.2, 0) is 10.2 Å². The van der Waals surface area contributed by atoms with Crippen LogP contribution in [0.1, 0.15) is 30.9 Å². The van der Waals surface area contributed by atoms with Crippen molar-refractivity contribution in [2.24, 2.45) is 5.92 Å². The van der Waals surface area contributed by atoms with Gasteiger partial charge in [0.15, 0.2) is 0 Å². The van der Waals surface area contributed by atoms with Crippen molar-refractivity contribution in [1.29, 1.82) is 0 Å². The van der Waals surface area contributed by atoms with Gasteiger partial charge in [-0.1, -0.05) is 49.4 Å². The van der Waals surface area contributed by atoms with Crippen LogP contribution in [-0.4, -0.2) is 11.1 Å². The van der Waals surface area contributed by atoms with Gasteiger partial charge in [-0.05, 0) is 17.5 Å². The van der Waals surface area contributed by atoms with Crippen molar-refractivity contribution in [3.63, 3.8) is 0 Å². The van der Waals surface area contributed by atoms with Crippen molar-refractivity contribution in [3.05, 3.63) is 59.4 Å². The number of carboxylic acid groups (broad SMARTS) is 1. The Kier molecular flexibility index (Phi) is 3.66. The molecule has 0 radical (unpaired) electrons. The highest BCUT2D eigenvalue weighted by atomic mass is 19.3. The maximum Gasteiger partial charge on any atom is 0.307 e. The molecule has 1 N–H and O–H groups in total. The topological polar surface area (TPSA) is 37.3 Å². The molecule has 0 heterocycles. The van der Waals surface area contributed by atoms with Gasteiger partial charge in [0.2, 0.25) is 0 Å². The van der Waals surface area contributed by atoms with E-state index in [9.17, 15) is 18.0 Å². The van der Waals surface area contributed by atoms with Gasteiger partial charge < -0.3 is 5.11 Å². The molecule has 0 amide bonds. The smallest absolute Gasteiger partial charge is 0.307 e. The number of benzene rings is 2. The standard InChI is InChI=1S/C18H15F3O2/c1-18(9-14(18)17(22)23)11-5-2-4-10(8-11)12-6-3-7-13(15(12)19)16(20)21/h2-8,14,16H,9H2,1H3,(H,22,23). The minimum absolute atomic E-state index is 0.0979. The summed E-state index contributed by atoms with van der Waals surface area (Å²) >= 11 is 0. The van der Waals surface area contributed by atoms with Crippen LogP contribution in [0.3, 0.4) is 0 Å². The maximum atomic E-state index is 14.3. The monoisotopic (exact) mass is 320 g/mol. The Morgan fingerprint density at radius 2 is 1.96 bits per heavy atom. The average Bonchev–Trinajstić information content (AvgIpc) is 3.21. The van der Waals surface area contributed by atoms with E-state index < -0.39 is 35.1 Å². The second kappa shape index (κ2) is 5.41. The average molecular weight is 320 g/mol. The zero-order valence-corrected chi connectivity index (χ0v) is 12.4. The summed E-state index contributed by atoms with van der Waals surface area (Å²) in [5.41, 5.74) is 0.234. The Hall–Kier alpha value is -2.30. The third-order valence-corrected chi connectivity index (χ3v) is 4.63. The zero-order valence-electron chi connectivity index (χ0n) is 12.4. The summed E-state index contributed by atoms with van der Waals surface area (Å²) in [7, 11) is 0. The minimum Gasteiger partial charge on any atom is -0.481 e. The lowest BCUT2D eigenvalue weighted by Gasteiger charge is -2.13. The molecular formula is C18H15F3O2. The fourth-order valence-corrected chi connectivity index (χ4v) is 3.03. The molecule has 2 unspecified atom stereocenters. The van der Waals surface area contributed by atoms with Crippen molar-refractivity contribution in [3.8, 4) is 11.1 Å². The molecule has 0 saturated heterocycles. The number of hydrogen-bond donors (Lipinski definition) is 1. The van der Waals surface area contributed by atoms with Crippen LogP contribution in [0.5, 0.6) is 0 Å². The first-order chi connectivity index (χ1) is 10.8. The van der Waals surface area contributed by atoms with E-state index in [0.717, 1.165) is 11.6 Å². The van der Waals surface area contributed by atoms with Crippen molar-refractivity contribution < 1.29 is 23.1 Å². The molecular weight excluding hydrogens is 305 g/mol. The third kappa shape index (κ3) is 2.60. The summed E-state index contributed by atoms with van der Waals surface area (Å²) in [5.74, 6) is -2.26. The summed E-state index contributed by atoms with van der Waals surface area (Å²) in [6.45, 7) is 1.84. The lowest BCUT2D eigenvalue weighted by atomic mass is 9.91. The maximum absolute atomic E-state index is 14.3. The largest absolute Gasteiger partial charge is 0.481 e. The second-order valence-corrected chi connectivity index (χ2v) is 6.10. The Bertz CT molecular complexity index is 773. The van der Waals surface area contributed by atoms with Crippen molar-refractivity contribution in [2.45, 2.75) is 25.2 Å². The van der Waals surface area contributed by atoms with Crippen LogP contribution in [0, 0.1) is 11.7 Å². The van der Waals surface area contributed by atoms with Gasteiger partial charge in [-0.25, -0.2) is 13.2 Å². The molecule has 2 aromatic carbocycles. The van der Waals surface area contributed by atoms with Gasteiger partial charge in [-0.15, -0.1) is 0 Å². The number of aliphatic carboxylic acids is 1. The first kappa shape index (κ1) is 15.6. The normalized spacial score (nSPS) is 23.1. The van der Waals surface area contributed by atoms with Gasteiger partial charge in [0, 0.05) is 11.0 Å². The van der Waals surface area contributed by atoms with E-state index in [4.69, 9.17) is 5.11 Å². The highest BCUT2D eigenvalue weighted by molar-refractivity contribution is 5.77. The van der Waals surface area contributed by atoms with Crippen LogP contribution >= 0.6 is 0 Å². The van der Waals surface area contributed by atoms with Crippen molar-refractivity contribution in [1.82, 2.24) is 0 Å². The molecule has 1 saturated carbocycles. The molecule has 2 aromatic rings. The van der Waals surface area contributed by atoms with E-state index in [0.29, 0.717) is 12.0 Å². The third-order valence-electron chi connectivity index (χ3n) is 4.63. The van der Waals surface area contributed by atoms with Crippen LogP contribution in [0.4, 0.5) is 13.2 Å². The summed E-state index contributed by atoms with van der Waals surface area (Å²) in [4.78, 5) is 11.1. The highest BCUT2D eigenvalue weighted by Gasteiger charge is 2.55. The SMILES string of the molecule is CC1(c2cccc(-c3cccc(C(F)F)c3F)c2)CC1C(=O)O. The molecule has 0 aliphatic heterocycles. The number of rotatable bonds is 4. The van der Waals surface area contributed by atoms with E-state index in [-0.39, 0.29) is 5.56 Å². The molecule has 1 aliphatic carbocycles. The number of alkyl halides is 2. The van der Waals surface area contributed by atoms with E-state index in [1.54, 1.807) is 24.3 Å². The summed E-state index contributed by atoms with van der Waals surface area (Å²) in [6.07, 6.45) is -2.36. The zero-order chi connectivity index (χ0) is 16.8. The lowest BCUT2D eigenvalue weighted by Crippen LogP contribution is -2.11. The summed E-state index contributed by atoms with van der Waals surface area (Å²) in [6, 6.07) is 10.7. The Balaban J connectivity index is 2.02. The van der Waals surface area contributed by atoms with Gasteiger partial charge >= 0.3 is 5.97 Å². The molecule has 3 rings (SSSR count). The predicted octanol–water partition coefficient (Wildman–Crippen LogP) is 4.79. The van der Waals surface area contributed by atoms with Gasteiger partial charge in [0.25, 0.3) is 6.43 Å². The quantitative estimate of drug-likeness (QED) is 0.879. The molecule has 0 aromatic heterocycles. The van der Waals surface area contributed by atoms with Crippen molar-refractivity contribution in [2.75, 3.05) is 0 Å². The summed E-state index contributed by atoms with van der Waals surface area (Å²) in [5, 5.41) is 9.13. The minimum atomic E-state index is -2.88. The predicted molar refractivity (Wildman–Crippen MR) is 79.9 cm³/mol. The van der Waals surface area contributed by atoms with E-state index >= 15 is 0 Å². The summed E-state index contributed by atoms with van der Waals surface area (Å²) < 4.78 is 40.0. The molecule has 1 fully saturated rings. The number of hydrogen-bond acceptors (Lipinski definition) is 1. The second-order valence-electron chi connectivity index (χ2n) is 6.10. The van der Waals surface area contributed by atoms with Crippen LogP contribution in [0.15, 0.2) is 42.5 Å². The molecule has 0 spiro atoms. The van der Waals surface area contributed by atoms with Gasteiger partial charge in [0.05, 0.1) is 11.5 Å². The fourth-order valence-electron chi connectivity index (χ4n) is 3.03. The molecule has 1 aliphatic rings. The first-order valence-electron chi connectivity index (χ1n) is 7.25. The molecule has 2 nitrogen and oxygen atoms in total. The van der Waals surface area contributed by atoms with E-state index in [2.05, 4.69) is 0 Å². The molecule has 120 valence electrons. The Morgan fingerprint density at radius 3 is 2.57 bits per heavy atom. The first-order valence-corrected chi connectivity index (χ1v) is 7.25. The van der Waals surface area contributed by atoms with Crippen LogP contribution in [0.2, 0.25) is 0 Å². The van der Waals surface area contributed by atoms with E-state index in [1.165, 1.54) is 12.1 Å². The van der Waals surface area contributed by atoms with E-state index in [1.807, 2.05) is 6.92 Å². The Morgan fingerprint density at radius 1 is 1.26 bits per heavy atom. The number of carboxylic acids is 1. The highest BCUT2D eigenvalue weighted by Crippen LogP contribution is 2.54. The van der Waals surface area contributed by atoms with Gasteiger partial charge in [-0.3, -0.25) is 4.79 Å². The van der Waals surface area contributed by atoms with Gasteiger partial charge in [0.1, 0.15) is 5.82 Å². The number of halogens is 3.